The number of nitrogens with two attached hydrogens (primary N) is 1. The SMILES string of the molecule is CC(C)OCCN=C(N)N1CCSCC1.I. The first-order chi connectivity index (χ1) is 7.20. The molecule has 0 spiro atoms. The first-order valence-corrected chi connectivity index (χ1v) is 6.60. The van der Waals surface area contributed by atoms with Gasteiger partial charge in [0.25, 0.3) is 0 Å². The van der Waals surface area contributed by atoms with Crippen molar-refractivity contribution in [1.29, 1.82) is 0 Å². The maximum atomic E-state index is 5.88. The zero-order valence-corrected chi connectivity index (χ0v) is 13.2. The molecule has 1 heterocycles. The number of guanidine groups is 1. The molecule has 0 radical (unpaired) electrons. The van der Waals surface area contributed by atoms with Crippen LogP contribution in [0.4, 0.5) is 0 Å². The molecule has 1 aliphatic rings. The molecule has 1 aliphatic heterocycles. The molecule has 0 aromatic carbocycles. The van der Waals surface area contributed by atoms with Crippen LogP contribution in [0, 0.1) is 0 Å². The van der Waals surface area contributed by atoms with Gasteiger partial charge >= 0.3 is 0 Å². The second-order valence-electron chi connectivity index (χ2n) is 3.76. The van der Waals surface area contributed by atoms with Gasteiger partial charge in [-0.15, -0.1) is 24.0 Å². The number of thioether (sulfide) groups is 1. The van der Waals surface area contributed by atoms with Crippen molar-refractivity contribution in [2.24, 2.45) is 10.7 Å². The Kier molecular flexibility index (Phi) is 9.53. The monoisotopic (exact) mass is 359 g/mol. The van der Waals surface area contributed by atoms with Crippen molar-refractivity contribution < 1.29 is 4.74 Å². The quantitative estimate of drug-likeness (QED) is 0.357. The molecule has 96 valence electrons. The lowest BCUT2D eigenvalue weighted by Crippen LogP contribution is -2.42. The molecule has 0 atom stereocenters. The van der Waals surface area contributed by atoms with Crippen LogP contribution in [0.15, 0.2) is 4.99 Å². The van der Waals surface area contributed by atoms with Crippen molar-refractivity contribution in [3.05, 3.63) is 0 Å². The average Bonchev–Trinajstić information content (AvgIpc) is 2.25. The molecule has 0 bridgehead atoms. The summed E-state index contributed by atoms with van der Waals surface area (Å²) in [6, 6.07) is 0. The summed E-state index contributed by atoms with van der Waals surface area (Å²) in [4.78, 5) is 6.45. The lowest BCUT2D eigenvalue weighted by molar-refractivity contribution is 0.0852. The van der Waals surface area contributed by atoms with Gasteiger partial charge in [0.1, 0.15) is 0 Å². The van der Waals surface area contributed by atoms with E-state index in [1.807, 2.05) is 25.6 Å². The zero-order chi connectivity index (χ0) is 11.1. The van der Waals surface area contributed by atoms with Gasteiger partial charge in [-0.05, 0) is 13.8 Å². The highest BCUT2D eigenvalue weighted by Gasteiger charge is 2.11. The number of aliphatic imine (C=N–C) groups is 1. The van der Waals surface area contributed by atoms with Crippen molar-refractivity contribution in [2.45, 2.75) is 20.0 Å². The highest BCUT2D eigenvalue weighted by Crippen LogP contribution is 2.08. The second-order valence-corrected chi connectivity index (χ2v) is 4.98. The van der Waals surface area contributed by atoms with E-state index in [1.54, 1.807) is 0 Å². The van der Waals surface area contributed by atoms with E-state index >= 15 is 0 Å². The standard InChI is InChI=1S/C10H21N3OS.HI/c1-9(2)14-6-3-12-10(11)13-4-7-15-8-5-13;/h9H,3-8H2,1-2H3,(H2,11,12);1H. The minimum Gasteiger partial charge on any atom is -0.377 e. The molecule has 2 N–H and O–H groups in total. The normalized spacial score (nSPS) is 17.4. The minimum atomic E-state index is 0. The molecule has 1 fully saturated rings. The summed E-state index contributed by atoms with van der Waals surface area (Å²) < 4.78 is 5.39. The van der Waals surface area contributed by atoms with Crippen molar-refractivity contribution in [3.63, 3.8) is 0 Å². The van der Waals surface area contributed by atoms with E-state index in [0.29, 0.717) is 19.1 Å². The van der Waals surface area contributed by atoms with E-state index in [0.717, 1.165) is 24.6 Å². The van der Waals surface area contributed by atoms with Crippen LogP contribution in [0.2, 0.25) is 0 Å². The van der Waals surface area contributed by atoms with Gasteiger partial charge in [0.15, 0.2) is 5.96 Å². The number of hydrogen-bond donors (Lipinski definition) is 1. The number of rotatable bonds is 4. The third-order valence-corrected chi connectivity index (χ3v) is 3.09. The first-order valence-electron chi connectivity index (χ1n) is 5.44. The largest absolute Gasteiger partial charge is 0.377 e. The molecular weight excluding hydrogens is 337 g/mol. The Balaban J connectivity index is 0.00000225. The predicted molar refractivity (Wildman–Crippen MR) is 81.9 cm³/mol. The van der Waals surface area contributed by atoms with E-state index in [-0.39, 0.29) is 30.1 Å². The van der Waals surface area contributed by atoms with Gasteiger partial charge in [0.2, 0.25) is 0 Å². The first kappa shape index (κ1) is 16.3. The number of ether oxygens (including phenoxy) is 1. The average molecular weight is 359 g/mol. The van der Waals surface area contributed by atoms with Crippen LogP contribution in [0.1, 0.15) is 13.8 Å². The molecule has 0 amide bonds. The summed E-state index contributed by atoms with van der Waals surface area (Å²) in [5, 5.41) is 0. The molecule has 0 saturated carbocycles. The third kappa shape index (κ3) is 6.80. The molecule has 16 heavy (non-hydrogen) atoms. The van der Waals surface area contributed by atoms with Crippen molar-refractivity contribution in [2.75, 3.05) is 37.7 Å². The van der Waals surface area contributed by atoms with Crippen molar-refractivity contribution in [3.8, 4) is 0 Å². The van der Waals surface area contributed by atoms with E-state index in [4.69, 9.17) is 10.5 Å². The fourth-order valence-corrected chi connectivity index (χ4v) is 2.24. The Labute approximate surface area is 119 Å². The maximum absolute atomic E-state index is 5.88. The Bertz CT molecular complexity index is 208. The Morgan fingerprint density at radius 2 is 2.06 bits per heavy atom. The second kappa shape index (κ2) is 9.35. The molecule has 1 saturated heterocycles. The molecule has 1 rings (SSSR count). The van der Waals surface area contributed by atoms with Crippen LogP contribution in [0.3, 0.4) is 0 Å². The summed E-state index contributed by atoms with van der Waals surface area (Å²) in [6.07, 6.45) is 0.271. The van der Waals surface area contributed by atoms with Gasteiger partial charge in [0.05, 0.1) is 19.3 Å². The van der Waals surface area contributed by atoms with E-state index in [1.165, 1.54) is 0 Å². The summed E-state index contributed by atoms with van der Waals surface area (Å²) in [5.41, 5.74) is 5.88. The minimum absolute atomic E-state index is 0. The molecule has 0 unspecified atom stereocenters. The smallest absolute Gasteiger partial charge is 0.191 e. The summed E-state index contributed by atoms with van der Waals surface area (Å²) >= 11 is 1.97. The highest BCUT2D eigenvalue weighted by atomic mass is 127. The lowest BCUT2D eigenvalue weighted by atomic mass is 10.5. The molecule has 4 nitrogen and oxygen atoms in total. The van der Waals surface area contributed by atoms with Crippen molar-refractivity contribution >= 4 is 41.7 Å². The molecule has 0 aliphatic carbocycles. The van der Waals surface area contributed by atoms with Crippen LogP contribution in [-0.2, 0) is 4.74 Å². The van der Waals surface area contributed by atoms with E-state index < -0.39 is 0 Å². The molecule has 0 aromatic heterocycles. The topological polar surface area (TPSA) is 50.9 Å². The summed E-state index contributed by atoms with van der Waals surface area (Å²) in [6.45, 7) is 7.40. The number of halogens is 1. The molecule has 6 heteroatoms. The number of hydrogen-bond acceptors (Lipinski definition) is 3. The van der Waals surface area contributed by atoms with Gasteiger partial charge in [-0.2, -0.15) is 11.8 Å². The Morgan fingerprint density at radius 1 is 1.44 bits per heavy atom. The Morgan fingerprint density at radius 3 is 2.62 bits per heavy atom. The molecular formula is C10H22IN3OS. The maximum Gasteiger partial charge on any atom is 0.191 e. The van der Waals surface area contributed by atoms with Gasteiger partial charge in [0, 0.05) is 24.6 Å². The van der Waals surface area contributed by atoms with Gasteiger partial charge in [-0.1, -0.05) is 0 Å². The van der Waals surface area contributed by atoms with E-state index in [2.05, 4.69) is 9.89 Å². The van der Waals surface area contributed by atoms with Gasteiger partial charge < -0.3 is 15.4 Å². The summed E-state index contributed by atoms with van der Waals surface area (Å²) in [7, 11) is 0. The fourth-order valence-electron chi connectivity index (χ4n) is 1.34. The molecule has 0 aromatic rings. The lowest BCUT2D eigenvalue weighted by Gasteiger charge is -2.27. The van der Waals surface area contributed by atoms with Gasteiger partial charge in [-0.25, -0.2) is 0 Å². The van der Waals surface area contributed by atoms with Crippen molar-refractivity contribution in [1.82, 2.24) is 4.90 Å². The van der Waals surface area contributed by atoms with Crippen LogP contribution < -0.4 is 5.73 Å². The van der Waals surface area contributed by atoms with Crippen LogP contribution in [-0.4, -0.2) is 54.7 Å². The summed E-state index contributed by atoms with van der Waals surface area (Å²) in [5.74, 6) is 2.97. The van der Waals surface area contributed by atoms with Crippen LogP contribution in [0.5, 0.6) is 0 Å². The van der Waals surface area contributed by atoms with E-state index in [9.17, 15) is 0 Å². The number of nitrogens with zero attached hydrogens (tertiary/aromatic N) is 2. The van der Waals surface area contributed by atoms with Crippen LogP contribution in [0.25, 0.3) is 0 Å². The van der Waals surface area contributed by atoms with Crippen LogP contribution >= 0.6 is 35.7 Å². The fraction of sp³-hybridized carbons (Fsp3) is 0.900. The third-order valence-electron chi connectivity index (χ3n) is 2.15. The Hall–Kier alpha value is 0.310. The van der Waals surface area contributed by atoms with Gasteiger partial charge in [-0.3, -0.25) is 4.99 Å². The zero-order valence-electron chi connectivity index (χ0n) is 10.0. The predicted octanol–water partition coefficient (Wildman–Crippen LogP) is 1.39. The highest BCUT2D eigenvalue weighted by molar-refractivity contribution is 14.0.